The molecule has 4 rings (SSSR count). The van der Waals surface area contributed by atoms with Crippen molar-refractivity contribution in [1.29, 1.82) is 0 Å². The van der Waals surface area contributed by atoms with Gasteiger partial charge in [0.1, 0.15) is 5.75 Å². The largest absolute Gasteiger partial charge is 0.490 e. The van der Waals surface area contributed by atoms with Crippen LogP contribution in [0.4, 0.5) is 5.69 Å². The van der Waals surface area contributed by atoms with Crippen LogP contribution in [0.2, 0.25) is 0 Å². The molecule has 2 aromatic rings. The van der Waals surface area contributed by atoms with E-state index in [0.717, 1.165) is 61.1 Å². The highest BCUT2D eigenvalue weighted by Crippen LogP contribution is 2.42. The minimum absolute atomic E-state index is 0.123. The summed E-state index contributed by atoms with van der Waals surface area (Å²) in [5.74, 6) is 1.07. The van der Waals surface area contributed by atoms with Gasteiger partial charge in [0.25, 0.3) is 0 Å². The van der Waals surface area contributed by atoms with Crippen molar-refractivity contribution in [3.63, 3.8) is 0 Å². The van der Waals surface area contributed by atoms with E-state index in [1.54, 1.807) is 0 Å². The van der Waals surface area contributed by atoms with Crippen LogP contribution in [0, 0.1) is 13.8 Å². The highest BCUT2D eigenvalue weighted by atomic mass is 16.5. The van der Waals surface area contributed by atoms with Gasteiger partial charge in [-0.2, -0.15) is 0 Å². The molecule has 1 N–H and O–H groups in total. The third-order valence-electron chi connectivity index (χ3n) is 6.52. The maximum Gasteiger partial charge on any atom is 0.235 e. The molecular formula is C25H31NO2. The SMILES string of the molecule is Cc1ccc(C2(C(=O)Nc3ccc(OC4CCCC4)c(C)c3)CCCC2)cc1. The zero-order valence-electron chi connectivity index (χ0n) is 17.1. The van der Waals surface area contributed by atoms with Gasteiger partial charge in [0.2, 0.25) is 5.91 Å². The fourth-order valence-electron chi connectivity index (χ4n) is 4.79. The molecule has 2 aliphatic rings. The van der Waals surface area contributed by atoms with Gasteiger partial charge in [-0.3, -0.25) is 4.79 Å². The van der Waals surface area contributed by atoms with E-state index in [2.05, 4.69) is 43.4 Å². The van der Waals surface area contributed by atoms with Gasteiger partial charge in [-0.05, 0) is 81.7 Å². The van der Waals surface area contributed by atoms with E-state index in [-0.39, 0.29) is 5.91 Å². The zero-order chi connectivity index (χ0) is 19.6. The predicted octanol–water partition coefficient (Wildman–Crippen LogP) is 6.08. The minimum Gasteiger partial charge on any atom is -0.490 e. The Balaban J connectivity index is 1.51. The van der Waals surface area contributed by atoms with Crippen LogP contribution >= 0.6 is 0 Å². The van der Waals surface area contributed by atoms with Gasteiger partial charge in [0.15, 0.2) is 0 Å². The van der Waals surface area contributed by atoms with E-state index in [0.29, 0.717) is 6.10 Å². The average molecular weight is 378 g/mol. The van der Waals surface area contributed by atoms with Crippen molar-refractivity contribution in [2.75, 3.05) is 5.32 Å². The molecule has 2 saturated carbocycles. The molecule has 0 unspecified atom stereocenters. The summed E-state index contributed by atoms with van der Waals surface area (Å²) in [6.45, 7) is 4.15. The summed E-state index contributed by atoms with van der Waals surface area (Å²) in [5, 5.41) is 3.20. The second-order valence-corrected chi connectivity index (χ2v) is 8.61. The molecule has 3 nitrogen and oxygen atoms in total. The van der Waals surface area contributed by atoms with E-state index in [4.69, 9.17) is 4.74 Å². The summed E-state index contributed by atoms with van der Waals surface area (Å²) >= 11 is 0. The molecule has 0 atom stereocenters. The van der Waals surface area contributed by atoms with E-state index in [1.807, 2.05) is 18.2 Å². The molecule has 0 aliphatic heterocycles. The van der Waals surface area contributed by atoms with Crippen molar-refractivity contribution >= 4 is 11.6 Å². The monoisotopic (exact) mass is 377 g/mol. The van der Waals surface area contributed by atoms with Crippen LogP contribution in [0.25, 0.3) is 0 Å². The maximum absolute atomic E-state index is 13.4. The predicted molar refractivity (Wildman–Crippen MR) is 114 cm³/mol. The summed E-state index contributed by atoms with van der Waals surface area (Å²) in [5.41, 5.74) is 3.91. The highest BCUT2D eigenvalue weighted by Gasteiger charge is 2.42. The van der Waals surface area contributed by atoms with Gasteiger partial charge in [0.05, 0.1) is 11.5 Å². The van der Waals surface area contributed by atoms with Crippen molar-refractivity contribution in [3.8, 4) is 5.75 Å². The van der Waals surface area contributed by atoms with Gasteiger partial charge in [-0.25, -0.2) is 0 Å². The molecule has 28 heavy (non-hydrogen) atoms. The van der Waals surface area contributed by atoms with Gasteiger partial charge < -0.3 is 10.1 Å². The van der Waals surface area contributed by atoms with Crippen molar-refractivity contribution in [2.24, 2.45) is 0 Å². The lowest BCUT2D eigenvalue weighted by atomic mass is 9.77. The molecule has 148 valence electrons. The Kier molecular flexibility index (Phi) is 5.43. The molecule has 0 aromatic heterocycles. The fraction of sp³-hybridized carbons (Fsp3) is 0.480. The smallest absolute Gasteiger partial charge is 0.235 e. The van der Waals surface area contributed by atoms with Crippen LogP contribution in [0.5, 0.6) is 5.75 Å². The van der Waals surface area contributed by atoms with Gasteiger partial charge in [-0.1, -0.05) is 42.7 Å². The lowest BCUT2D eigenvalue weighted by Crippen LogP contribution is -2.38. The molecule has 2 aliphatic carbocycles. The number of anilines is 1. The van der Waals surface area contributed by atoms with Crippen LogP contribution in [0.15, 0.2) is 42.5 Å². The van der Waals surface area contributed by atoms with Crippen molar-refractivity contribution in [2.45, 2.75) is 76.7 Å². The fourth-order valence-corrected chi connectivity index (χ4v) is 4.79. The van der Waals surface area contributed by atoms with E-state index >= 15 is 0 Å². The standard InChI is InChI=1S/C25H31NO2/c1-18-9-11-20(12-10-18)25(15-5-6-16-25)24(27)26-21-13-14-23(19(2)17-21)28-22-7-3-4-8-22/h9-14,17,22H,3-8,15-16H2,1-2H3,(H,26,27). The third-order valence-corrected chi connectivity index (χ3v) is 6.52. The summed E-state index contributed by atoms with van der Waals surface area (Å²) in [7, 11) is 0. The molecular weight excluding hydrogens is 346 g/mol. The number of carbonyl (C=O) groups is 1. The maximum atomic E-state index is 13.4. The number of hydrogen-bond acceptors (Lipinski definition) is 2. The Hall–Kier alpha value is -2.29. The Morgan fingerprint density at radius 3 is 2.29 bits per heavy atom. The van der Waals surface area contributed by atoms with E-state index < -0.39 is 5.41 Å². The van der Waals surface area contributed by atoms with E-state index in [9.17, 15) is 4.79 Å². The van der Waals surface area contributed by atoms with Crippen LogP contribution in [0.3, 0.4) is 0 Å². The normalized spacial score (nSPS) is 18.9. The first-order valence-electron chi connectivity index (χ1n) is 10.7. The molecule has 0 saturated heterocycles. The van der Waals surface area contributed by atoms with Gasteiger partial charge in [-0.15, -0.1) is 0 Å². The zero-order valence-corrected chi connectivity index (χ0v) is 17.1. The molecule has 0 heterocycles. The third kappa shape index (κ3) is 3.80. The Bertz CT molecular complexity index is 828. The molecule has 3 heteroatoms. The Morgan fingerprint density at radius 2 is 1.64 bits per heavy atom. The molecule has 1 amide bonds. The van der Waals surface area contributed by atoms with Gasteiger partial charge in [0, 0.05) is 5.69 Å². The summed E-state index contributed by atoms with van der Waals surface area (Å²) < 4.78 is 6.15. The summed E-state index contributed by atoms with van der Waals surface area (Å²) in [6, 6.07) is 14.5. The lowest BCUT2D eigenvalue weighted by molar-refractivity contribution is -0.121. The highest BCUT2D eigenvalue weighted by molar-refractivity contribution is 5.99. The molecule has 2 fully saturated rings. The number of rotatable bonds is 5. The number of ether oxygens (including phenoxy) is 1. The second-order valence-electron chi connectivity index (χ2n) is 8.61. The van der Waals surface area contributed by atoms with Crippen molar-refractivity contribution in [3.05, 3.63) is 59.2 Å². The van der Waals surface area contributed by atoms with Crippen LogP contribution in [-0.4, -0.2) is 12.0 Å². The van der Waals surface area contributed by atoms with Crippen molar-refractivity contribution < 1.29 is 9.53 Å². The topological polar surface area (TPSA) is 38.3 Å². The van der Waals surface area contributed by atoms with Crippen molar-refractivity contribution in [1.82, 2.24) is 0 Å². The second kappa shape index (κ2) is 7.98. The Labute approximate surface area is 168 Å². The number of nitrogens with one attached hydrogen (secondary N) is 1. The number of benzene rings is 2. The minimum atomic E-state index is -0.402. The first kappa shape index (κ1) is 19.0. The molecule has 0 spiro atoms. The first-order valence-corrected chi connectivity index (χ1v) is 10.7. The summed E-state index contributed by atoms with van der Waals surface area (Å²) in [6.07, 6.45) is 9.23. The van der Waals surface area contributed by atoms with Crippen LogP contribution in [-0.2, 0) is 10.2 Å². The average Bonchev–Trinajstić information content (AvgIpc) is 3.37. The van der Waals surface area contributed by atoms with Crippen LogP contribution in [0.1, 0.15) is 68.1 Å². The number of aryl methyl sites for hydroxylation is 2. The Morgan fingerprint density at radius 1 is 0.964 bits per heavy atom. The number of hydrogen-bond donors (Lipinski definition) is 1. The molecule has 0 bridgehead atoms. The van der Waals surface area contributed by atoms with Gasteiger partial charge >= 0.3 is 0 Å². The quantitative estimate of drug-likeness (QED) is 0.686. The number of amides is 1. The van der Waals surface area contributed by atoms with Crippen LogP contribution < -0.4 is 10.1 Å². The lowest BCUT2D eigenvalue weighted by Gasteiger charge is -2.28. The van der Waals surface area contributed by atoms with E-state index in [1.165, 1.54) is 18.4 Å². The summed E-state index contributed by atoms with van der Waals surface area (Å²) in [4.78, 5) is 13.4. The molecule has 0 radical (unpaired) electrons. The molecule has 2 aromatic carbocycles. The number of carbonyl (C=O) groups excluding carboxylic acids is 1. The first-order chi connectivity index (χ1) is 13.6.